The third kappa shape index (κ3) is 4.28. The van der Waals surface area contributed by atoms with E-state index >= 15 is 0 Å². The Hall–Kier alpha value is -4.38. The average Bonchev–Trinajstić information content (AvgIpc) is 3.28. The first kappa shape index (κ1) is 21.5. The summed E-state index contributed by atoms with van der Waals surface area (Å²) in [6, 6.07) is 28.6. The van der Waals surface area contributed by atoms with Gasteiger partial charge in [0.15, 0.2) is 0 Å². The molecule has 1 aromatic heterocycles. The van der Waals surface area contributed by atoms with E-state index in [4.69, 9.17) is 4.42 Å². The van der Waals surface area contributed by atoms with Crippen LogP contribution in [0.25, 0.3) is 21.7 Å². The lowest BCUT2D eigenvalue weighted by Crippen LogP contribution is -2.28. The molecule has 0 saturated carbocycles. The van der Waals surface area contributed by atoms with Gasteiger partial charge in [0.2, 0.25) is 5.91 Å². The van der Waals surface area contributed by atoms with Crippen LogP contribution in [-0.4, -0.2) is 11.8 Å². The highest BCUT2D eigenvalue weighted by Gasteiger charge is 2.18. The molecular formula is C29H24N2O3. The Morgan fingerprint density at radius 1 is 0.853 bits per heavy atom. The lowest BCUT2D eigenvalue weighted by Gasteiger charge is -2.16. The van der Waals surface area contributed by atoms with Gasteiger partial charge in [-0.1, -0.05) is 72.8 Å². The number of nitrogens with one attached hydrogen (secondary N) is 2. The predicted octanol–water partition coefficient (Wildman–Crippen LogP) is 6.26. The molecule has 34 heavy (non-hydrogen) atoms. The van der Waals surface area contributed by atoms with Gasteiger partial charge in [-0.05, 0) is 41.5 Å². The van der Waals surface area contributed by atoms with Crippen molar-refractivity contribution < 1.29 is 14.0 Å². The summed E-state index contributed by atoms with van der Waals surface area (Å²) >= 11 is 0. The Morgan fingerprint density at radius 3 is 2.44 bits per heavy atom. The van der Waals surface area contributed by atoms with Crippen LogP contribution in [0.1, 0.15) is 34.5 Å². The molecular weight excluding hydrogens is 424 g/mol. The minimum Gasteiger partial charge on any atom is -0.464 e. The number of hydrogen-bond acceptors (Lipinski definition) is 3. The first-order chi connectivity index (χ1) is 16.6. The van der Waals surface area contributed by atoms with Gasteiger partial charge in [0.1, 0.15) is 5.58 Å². The summed E-state index contributed by atoms with van der Waals surface area (Å²) in [6.07, 6.45) is 1.77. The molecule has 1 atom stereocenters. The highest BCUT2D eigenvalue weighted by Crippen LogP contribution is 2.30. The predicted molar refractivity (Wildman–Crippen MR) is 135 cm³/mol. The van der Waals surface area contributed by atoms with E-state index in [9.17, 15) is 9.59 Å². The Kier molecular flexibility index (Phi) is 5.83. The Labute approximate surface area is 197 Å². The van der Waals surface area contributed by atoms with Crippen molar-refractivity contribution in [3.8, 4) is 0 Å². The van der Waals surface area contributed by atoms with Gasteiger partial charge >= 0.3 is 0 Å². The monoisotopic (exact) mass is 448 g/mol. The number of hydrogen-bond donors (Lipinski definition) is 2. The van der Waals surface area contributed by atoms with E-state index in [2.05, 4.69) is 10.6 Å². The van der Waals surface area contributed by atoms with Crippen LogP contribution in [0.15, 0.2) is 102 Å². The van der Waals surface area contributed by atoms with Crippen molar-refractivity contribution in [1.82, 2.24) is 5.32 Å². The van der Waals surface area contributed by atoms with E-state index < -0.39 is 0 Å². The summed E-state index contributed by atoms with van der Waals surface area (Å²) in [5.74, 6) is -0.459. The van der Waals surface area contributed by atoms with E-state index in [-0.39, 0.29) is 24.3 Å². The van der Waals surface area contributed by atoms with Crippen LogP contribution in [0.4, 0.5) is 5.69 Å². The van der Waals surface area contributed by atoms with Gasteiger partial charge in [-0.3, -0.25) is 9.59 Å². The van der Waals surface area contributed by atoms with Crippen molar-refractivity contribution in [1.29, 1.82) is 0 Å². The minimum absolute atomic E-state index is 0.136. The molecule has 5 rings (SSSR count). The largest absolute Gasteiger partial charge is 0.464 e. The van der Waals surface area contributed by atoms with E-state index in [1.165, 1.54) is 0 Å². The first-order valence-electron chi connectivity index (χ1n) is 11.2. The van der Waals surface area contributed by atoms with Crippen molar-refractivity contribution in [3.63, 3.8) is 0 Å². The van der Waals surface area contributed by atoms with Crippen LogP contribution in [0.2, 0.25) is 0 Å². The number of furan rings is 1. The number of carbonyl (C=O) groups is 2. The normalized spacial score (nSPS) is 11.9. The Morgan fingerprint density at radius 2 is 1.59 bits per heavy atom. The van der Waals surface area contributed by atoms with E-state index in [1.54, 1.807) is 30.5 Å². The molecule has 0 fully saturated rings. The van der Waals surface area contributed by atoms with E-state index in [0.717, 1.165) is 32.9 Å². The zero-order chi connectivity index (χ0) is 23.5. The second kappa shape index (κ2) is 9.24. The molecule has 4 aromatic carbocycles. The van der Waals surface area contributed by atoms with Gasteiger partial charge < -0.3 is 15.1 Å². The summed E-state index contributed by atoms with van der Waals surface area (Å²) < 4.78 is 5.71. The molecule has 5 aromatic rings. The highest BCUT2D eigenvalue weighted by atomic mass is 16.3. The zero-order valence-corrected chi connectivity index (χ0v) is 18.7. The summed E-state index contributed by atoms with van der Waals surface area (Å²) in [4.78, 5) is 26.0. The minimum atomic E-state index is -0.244. The van der Waals surface area contributed by atoms with Crippen molar-refractivity contribution >= 4 is 39.2 Å². The fraction of sp³-hybridized carbons (Fsp3) is 0.103. The van der Waals surface area contributed by atoms with Crippen LogP contribution in [0.3, 0.4) is 0 Å². The number of para-hydroxylation sites is 1. The molecule has 0 aliphatic rings. The molecule has 5 nitrogen and oxygen atoms in total. The number of carbonyl (C=O) groups excluding carboxylic acids is 2. The Balaban J connectivity index is 1.35. The molecule has 0 bridgehead atoms. The third-order valence-corrected chi connectivity index (χ3v) is 5.98. The van der Waals surface area contributed by atoms with Crippen LogP contribution >= 0.6 is 0 Å². The molecule has 1 heterocycles. The second-order valence-corrected chi connectivity index (χ2v) is 8.30. The second-order valence-electron chi connectivity index (χ2n) is 8.30. The molecule has 5 heteroatoms. The van der Waals surface area contributed by atoms with Crippen LogP contribution in [0.5, 0.6) is 0 Å². The summed E-state index contributed by atoms with van der Waals surface area (Å²) in [6.45, 7) is 1.93. The van der Waals surface area contributed by atoms with Crippen molar-refractivity contribution in [2.75, 3.05) is 5.32 Å². The Bertz CT molecular complexity index is 1490. The SMILES string of the molecule is C[C@@H](NC(=O)c1ccccc1NC(=O)Cc1coc2ccc3ccccc3c12)c1ccccc1. The molecule has 0 radical (unpaired) electrons. The fourth-order valence-corrected chi connectivity index (χ4v) is 4.26. The van der Waals surface area contributed by atoms with Crippen molar-refractivity contribution in [2.45, 2.75) is 19.4 Å². The molecule has 0 aliphatic carbocycles. The van der Waals surface area contributed by atoms with Crippen LogP contribution in [0, 0.1) is 0 Å². The average molecular weight is 449 g/mol. The number of rotatable bonds is 6. The van der Waals surface area contributed by atoms with Gasteiger partial charge in [-0.25, -0.2) is 0 Å². The lowest BCUT2D eigenvalue weighted by molar-refractivity contribution is -0.115. The smallest absolute Gasteiger partial charge is 0.253 e. The number of amides is 2. The maximum absolute atomic E-state index is 13.0. The molecule has 0 saturated heterocycles. The lowest BCUT2D eigenvalue weighted by atomic mass is 10.0. The fourth-order valence-electron chi connectivity index (χ4n) is 4.26. The number of anilines is 1. The summed E-state index contributed by atoms with van der Waals surface area (Å²) in [5, 5.41) is 9.00. The highest BCUT2D eigenvalue weighted by molar-refractivity contribution is 6.09. The van der Waals surface area contributed by atoms with Gasteiger partial charge in [0, 0.05) is 10.9 Å². The molecule has 2 N–H and O–H groups in total. The molecule has 0 aliphatic heterocycles. The maximum atomic E-state index is 13.0. The topological polar surface area (TPSA) is 71.3 Å². The molecule has 168 valence electrons. The standard InChI is InChI=1S/C29H24N2O3/c1-19(20-9-3-2-4-10-20)30-29(33)24-13-7-8-14-25(24)31-27(32)17-22-18-34-26-16-15-21-11-5-6-12-23(21)28(22)26/h2-16,18-19H,17H2,1H3,(H,30,33)(H,31,32)/t19-/m1/s1. The van der Waals surface area contributed by atoms with E-state index in [1.807, 2.05) is 73.7 Å². The van der Waals surface area contributed by atoms with Gasteiger partial charge in [-0.15, -0.1) is 0 Å². The summed E-state index contributed by atoms with van der Waals surface area (Å²) in [7, 11) is 0. The number of benzene rings is 4. The van der Waals surface area contributed by atoms with E-state index in [0.29, 0.717) is 11.3 Å². The van der Waals surface area contributed by atoms with Crippen molar-refractivity contribution in [3.05, 3.63) is 114 Å². The summed E-state index contributed by atoms with van der Waals surface area (Å²) in [5.41, 5.74) is 3.46. The maximum Gasteiger partial charge on any atom is 0.253 e. The van der Waals surface area contributed by atoms with Crippen molar-refractivity contribution in [2.24, 2.45) is 0 Å². The molecule has 2 amide bonds. The van der Waals surface area contributed by atoms with Gasteiger partial charge in [-0.2, -0.15) is 0 Å². The van der Waals surface area contributed by atoms with Gasteiger partial charge in [0.05, 0.1) is 30.0 Å². The number of fused-ring (bicyclic) bond motifs is 3. The molecule has 0 spiro atoms. The zero-order valence-electron chi connectivity index (χ0n) is 18.7. The first-order valence-corrected chi connectivity index (χ1v) is 11.2. The van der Waals surface area contributed by atoms with Gasteiger partial charge in [0.25, 0.3) is 5.91 Å². The van der Waals surface area contributed by atoms with Crippen LogP contribution < -0.4 is 10.6 Å². The van der Waals surface area contributed by atoms with Crippen LogP contribution in [-0.2, 0) is 11.2 Å². The molecule has 0 unspecified atom stereocenters. The quantitative estimate of drug-likeness (QED) is 0.322. The third-order valence-electron chi connectivity index (χ3n) is 5.98.